The molecule has 1 fully saturated rings. The van der Waals surface area contributed by atoms with E-state index in [4.69, 9.17) is 16.1 Å². The van der Waals surface area contributed by atoms with E-state index in [1.165, 1.54) is 0 Å². The van der Waals surface area contributed by atoms with Crippen molar-refractivity contribution >= 4 is 17.5 Å². The molecule has 1 aliphatic rings. The van der Waals surface area contributed by atoms with E-state index < -0.39 is 0 Å². The molecule has 2 heterocycles. The lowest BCUT2D eigenvalue weighted by atomic mass is 10.1. The predicted molar refractivity (Wildman–Crippen MR) is 95.5 cm³/mol. The largest absolute Gasteiger partial charge is 0.338 e. The van der Waals surface area contributed by atoms with Gasteiger partial charge in [-0.15, -0.1) is 0 Å². The first kappa shape index (κ1) is 17.9. The summed E-state index contributed by atoms with van der Waals surface area (Å²) in [6.45, 7) is 7.82. The zero-order chi connectivity index (χ0) is 17.8. The van der Waals surface area contributed by atoms with Gasteiger partial charge in [-0.05, 0) is 24.1 Å². The summed E-state index contributed by atoms with van der Waals surface area (Å²) in [6, 6.07) is 7.09. The molecule has 134 valence electrons. The van der Waals surface area contributed by atoms with E-state index in [-0.39, 0.29) is 5.91 Å². The summed E-state index contributed by atoms with van der Waals surface area (Å²) in [5.41, 5.74) is 0.635. The van der Waals surface area contributed by atoms with Gasteiger partial charge in [-0.1, -0.05) is 36.7 Å². The van der Waals surface area contributed by atoms with Crippen molar-refractivity contribution in [2.75, 3.05) is 26.2 Å². The Bertz CT molecular complexity index is 723. The maximum absolute atomic E-state index is 12.5. The van der Waals surface area contributed by atoms with E-state index in [1.807, 2.05) is 4.90 Å². The van der Waals surface area contributed by atoms with E-state index in [2.05, 4.69) is 28.9 Å². The SMILES string of the molecule is CC(C)Cc1noc(CN2CCN(C(=O)c3cccc(Cl)c3)CC2)n1. The molecular formula is C18H23ClN4O2. The second-order valence-electron chi connectivity index (χ2n) is 6.78. The molecule has 0 spiro atoms. The summed E-state index contributed by atoms with van der Waals surface area (Å²) in [5, 5.41) is 4.60. The van der Waals surface area contributed by atoms with Gasteiger partial charge < -0.3 is 9.42 Å². The van der Waals surface area contributed by atoms with Crippen LogP contribution in [-0.2, 0) is 13.0 Å². The Morgan fingerprint density at radius 3 is 2.72 bits per heavy atom. The minimum absolute atomic E-state index is 0.0270. The monoisotopic (exact) mass is 362 g/mol. The molecule has 25 heavy (non-hydrogen) atoms. The molecule has 1 aromatic heterocycles. The van der Waals surface area contributed by atoms with E-state index in [9.17, 15) is 4.79 Å². The van der Waals surface area contributed by atoms with Gasteiger partial charge in [0.15, 0.2) is 5.82 Å². The van der Waals surface area contributed by atoms with Crippen LogP contribution in [0.3, 0.4) is 0 Å². The fraction of sp³-hybridized carbons (Fsp3) is 0.500. The molecule has 2 aromatic rings. The van der Waals surface area contributed by atoms with Gasteiger partial charge in [0.05, 0.1) is 6.54 Å². The Balaban J connectivity index is 1.51. The van der Waals surface area contributed by atoms with Crippen LogP contribution in [0.4, 0.5) is 0 Å². The molecule has 0 unspecified atom stereocenters. The molecule has 1 saturated heterocycles. The van der Waals surface area contributed by atoms with Crippen molar-refractivity contribution in [2.45, 2.75) is 26.8 Å². The highest BCUT2D eigenvalue weighted by molar-refractivity contribution is 6.30. The Hall–Kier alpha value is -1.92. The van der Waals surface area contributed by atoms with Crippen molar-refractivity contribution in [3.05, 3.63) is 46.6 Å². The van der Waals surface area contributed by atoms with Crippen molar-refractivity contribution in [3.8, 4) is 0 Å². The van der Waals surface area contributed by atoms with Crippen LogP contribution in [0.15, 0.2) is 28.8 Å². The van der Waals surface area contributed by atoms with Crippen LogP contribution in [-0.4, -0.2) is 52.0 Å². The number of halogens is 1. The number of aromatic nitrogens is 2. The number of rotatable bonds is 5. The van der Waals surface area contributed by atoms with Crippen molar-refractivity contribution in [2.24, 2.45) is 5.92 Å². The molecule has 0 radical (unpaired) electrons. The van der Waals surface area contributed by atoms with E-state index in [0.29, 0.717) is 42.0 Å². The summed E-state index contributed by atoms with van der Waals surface area (Å²) < 4.78 is 5.33. The second-order valence-corrected chi connectivity index (χ2v) is 7.22. The molecule has 1 aliphatic heterocycles. The van der Waals surface area contributed by atoms with Gasteiger partial charge in [0.1, 0.15) is 0 Å². The minimum Gasteiger partial charge on any atom is -0.338 e. The van der Waals surface area contributed by atoms with Gasteiger partial charge >= 0.3 is 0 Å². The van der Waals surface area contributed by atoms with Gasteiger partial charge in [-0.2, -0.15) is 4.98 Å². The van der Waals surface area contributed by atoms with Gasteiger partial charge in [0.2, 0.25) is 5.89 Å². The first-order valence-corrected chi connectivity index (χ1v) is 8.97. The first-order chi connectivity index (χ1) is 12.0. The number of hydrogen-bond acceptors (Lipinski definition) is 5. The lowest BCUT2D eigenvalue weighted by Crippen LogP contribution is -2.48. The molecule has 0 bridgehead atoms. The molecule has 0 atom stereocenters. The Morgan fingerprint density at radius 2 is 2.04 bits per heavy atom. The van der Waals surface area contributed by atoms with Crippen LogP contribution >= 0.6 is 11.6 Å². The molecule has 3 rings (SSSR count). The third-order valence-corrected chi connectivity index (χ3v) is 4.43. The number of benzene rings is 1. The number of carbonyl (C=O) groups excluding carboxylic acids is 1. The third kappa shape index (κ3) is 4.80. The van der Waals surface area contributed by atoms with Gasteiger partial charge in [-0.3, -0.25) is 9.69 Å². The third-order valence-electron chi connectivity index (χ3n) is 4.19. The fourth-order valence-corrected chi connectivity index (χ4v) is 3.10. The van der Waals surface area contributed by atoms with Crippen molar-refractivity contribution < 1.29 is 9.32 Å². The predicted octanol–water partition coefficient (Wildman–Crippen LogP) is 2.88. The quantitative estimate of drug-likeness (QED) is 0.818. The van der Waals surface area contributed by atoms with Crippen molar-refractivity contribution in [1.29, 1.82) is 0 Å². The van der Waals surface area contributed by atoms with E-state index >= 15 is 0 Å². The van der Waals surface area contributed by atoms with E-state index in [0.717, 1.165) is 25.3 Å². The Morgan fingerprint density at radius 1 is 1.28 bits per heavy atom. The molecule has 0 aliphatic carbocycles. The number of nitrogens with zero attached hydrogens (tertiary/aromatic N) is 4. The lowest BCUT2D eigenvalue weighted by Gasteiger charge is -2.34. The summed E-state index contributed by atoms with van der Waals surface area (Å²) in [6.07, 6.45) is 0.825. The highest BCUT2D eigenvalue weighted by Gasteiger charge is 2.23. The number of amides is 1. The topological polar surface area (TPSA) is 62.5 Å². The summed E-state index contributed by atoms with van der Waals surface area (Å²) in [5.74, 6) is 1.94. The van der Waals surface area contributed by atoms with Crippen LogP contribution in [0.1, 0.15) is 35.9 Å². The molecule has 0 saturated carbocycles. The van der Waals surface area contributed by atoms with Crippen LogP contribution in [0.2, 0.25) is 5.02 Å². The molecule has 7 heteroatoms. The zero-order valence-electron chi connectivity index (χ0n) is 14.6. The average Bonchev–Trinajstić information content (AvgIpc) is 3.01. The standard InChI is InChI=1S/C18H23ClN4O2/c1-13(2)10-16-20-17(25-21-16)12-22-6-8-23(9-7-22)18(24)14-4-3-5-15(19)11-14/h3-5,11,13H,6-10,12H2,1-2H3. The Kier molecular flexibility index (Phi) is 5.71. The maximum atomic E-state index is 12.5. The van der Waals surface area contributed by atoms with Crippen LogP contribution in [0.25, 0.3) is 0 Å². The second kappa shape index (κ2) is 7.97. The van der Waals surface area contributed by atoms with Crippen molar-refractivity contribution in [3.63, 3.8) is 0 Å². The lowest BCUT2D eigenvalue weighted by molar-refractivity contribution is 0.0615. The van der Waals surface area contributed by atoms with Crippen molar-refractivity contribution in [1.82, 2.24) is 19.9 Å². The maximum Gasteiger partial charge on any atom is 0.253 e. The molecular weight excluding hydrogens is 340 g/mol. The molecule has 1 amide bonds. The average molecular weight is 363 g/mol. The number of carbonyl (C=O) groups is 1. The molecule has 6 nitrogen and oxygen atoms in total. The normalized spacial score (nSPS) is 15.8. The number of hydrogen-bond donors (Lipinski definition) is 0. The molecule has 0 N–H and O–H groups in total. The fourth-order valence-electron chi connectivity index (χ4n) is 2.91. The van der Waals surface area contributed by atoms with Crippen LogP contribution in [0.5, 0.6) is 0 Å². The highest BCUT2D eigenvalue weighted by atomic mass is 35.5. The Labute approximate surface area is 152 Å². The molecule has 1 aromatic carbocycles. The smallest absolute Gasteiger partial charge is 0.253 e. The van der Waals surface area contributed by atoms with Crippen LogP contribution in [0, 0.1) is 5.92 Å². The van der Waals surface area contributed by atoms with Gasteiger partial charge in [0.25, 0.3) is 5.91 Å². The minimum atomic E-state index is 0.0270. The van der Waals surface area contributed by atoms with E-state index in [1.54, 1.807) is 24.3 Å². The summed E-state index contributed by atoms with van der Waals surface area (Å²) in [4.78, 5) is 21.1. The number of piperazine rings is 1. The van der Waals surface area contributed by atoms with Crippen LogP contribution < -0.4 is 0 Å². The van der Waals surface area contributed by atoms with Gasteiger partial charge in [0, 0.05) is 43.2 Å². The zero-order valence-corrected chi connectivity index (χ0v) is 15.4. The highest BCUT2D eigenvalue weighted by Crippen LogP contribution is 2.15. The summed E-state index contributed by atoms with van der Waals surface area (Å²) in [7, 11) is 0. The van der Waals surface area contributed by atoms with Gasteiger partial charge in [-0.25, -0.2) is 0 Å². The first-order valence-electron chi connectivity index (χ1n) is 8.60. The summed E-state index contributed by atoms with van der Waals surface area (Å²) >= 11 is 5.97.